The minimum atomic E-state index is -0.946. The summed E-state index contributed by atoms with van der Waals surface area (Å²) in [6, 6.07) is 9.80. The average Bonchev–Trinajstić information content (AvgIpc) is 3.18. The zero-order valence-corrected chi connectivity index (χ0v) is 10.1. The Labute approximate surface area is 106 Å². The van der Waals surface area contributed by atoms with Gasteiger partial charge >= 0.3 is 5.97 Å². The van der Waals surface area contributed by atoms with Gasteiger partial charge in [0.1, 0.15) is 0 Å². The molecule has 1 aromatic carbocycles. The molecule has 1 saturated heterocycles. The molecule has 0 amide bonds. The van der Waals surface area contributed by atoms with Crippen molar-refractivity contribution in [3.05, 3.63) is 54.1 Å². The normalized spacial score (nSPS) is 19.7. The van der Waals surface area contributed by atoms with E-state index in [9.17, 15) is 4.79 Å². The number of carboxylic acids is 1. The summed E-state index contributed by atoms with van der Waals surface area (Å²) in [5.74, 6) is -1.12. The number of carboxylic acid groups (broad SMARTS) is 1. The molecular weight excluding hydrogens is 228 g/mol. The second-order valence-electron chi connectivity index (χ2n) is 4.40. The van der Waals surface area contributed by atoms with Crippen LogP contribution in [0.4, 0.5) is 0 Å². The van der Waals surface area contributed by atoms with Gasteiger partial charge in [-0.2, -0.15) is 0 Å². The van der Waals surface area contributed by atoms with Gasteiger partial charge in [0.05, 0.1) is 12.7 Å². The van der Waals surface area contributed by atoms with Crippen molar-refractivity contribution in [2.75, 3.05) is 6.61 Å². The maximum absolute atomic E-state index is 11.0. The fourth-order valence-electron chi connectivity index (χ4n) is 1.77. The third-order valence-corrected chi connectivity index (χ3v) is 2.96. The number of epoxide rings is 1. The largest absolute Gasteiger partial charge is 0.478 e. The van der Waals surface area contributed by atoms with Gasteiger partial charge in [0.15, 0.2) is 0 Å². The Kier molecular flexibility index (Phi) is 3.95. The molecule has 0 saturated carbocycles. The number of carbonyl (C=O) groups is 1. The van der Waals surface area contributed by atoms with Crippen molar-refractivity contribution in [1.82, 2.24) is 0 Å². The van der Waals surface area contributed by atoms with E-state index in [4.69, 9.17) is 9.84 Å². The van der Waals surface area contributed by atoms with E-state index >= 15 is 0 Å². The molecule has 0 aliphatic carbocycles. The van der Waals surface area contributed by atoms with E-state index in [2.05, 4.69) is 6.58 Å². The van der Waals surface area contributed by atoms with Crippen LogP contribution in [0.25, 0.3) is 6.08 Å². The highest BCUT2D eigenvalue weighted by molar-refractivity contribution is 5.87. The summed E-state index contributed by atoms with van der Waals surface area (Å²) in [7, 11) is 0. The molecule has 94 valence electrons. The lowest BCUT2D eigenvalue weighted by molar-refractivity contribution is -0.133. The number of ether oxygens (including phenoxy) is 1. The lowest BCUT2D eigenvalue weighted by Gasteiger charge is -2.10. The van der Waals surface area contributed by atoms with Crippen LogP contribution in [0.3, 0.4) is 0 Å². The molecule has 18 heavy (non-hydrogen) atoms. The molecule has 1 aliphatic rings. The molecule has 0 bridgehead atoms. The minimum absolute atomic E-state index is 0.171. The summed E-state index contributed by atoms with van der Waals surface area (Å²) in [4.78, 5) is 11.0. The van der Waals surface area contributed by atoms with Crippen molar-refractivity contribution in [2.24, 2.45) is 5.92 Å². The Morgan fingerprint density at radius 1 is 1.50 bits per heavy atom. The summed E-state index contributed by atoms with van der Waals surface area (Å²) < 4.78 is 5.15. The molecule has 1 aliphatic heterocycles. The third-order valence-electron chi connectivity index (χ3n) is 2.96. The molecule has 0 radical (unpaired) electrons. The van der Waals surface area contributed by atoms with Gasteiger partial charge in [-0.3, -0.25) is 0 Å². The molecule has 0 aromatic heterocycles. The van der Waals surface area contributed by atoms with Crippen LogP contribution in [0.15, 0.2) is 48.6 Å². The lowest BCUT2D eigenvalue weighted by atomic mass is 9.94. The molecule has 2 rings (SSSR count). The van der Waals surface area contributed by atoms with Crippen LogP contribution >= 0.6 is 0 Å². The molecule has 3 heteroatoms. The number of aliphatic carboxylic acids is 1. The first-order valence-corrected chi connectivity index (χ1v) is 5.94. The summed E-state index contributed by atoms with van der Waals surface area (Å²) in [5.41, 5.74) is 1.27. The Morgan fingerprint density at radius 3 is 2.72 bits per heavy atom. The van der Waals surface area contributed by atoms with E-state index < -0.39 is 5.97 Å². The smallest absolute Gasteiger partial charge is 0.331 e. The molecule has 3 nitrogen and oxygen atoms in total. The van der Waals surface area contributed by atoms with Crippen LogP contribution in [0.1, 0.15) is 12.0 Å². The number of hydrogen-bond acceptors (Lipinski definition) is 2. The summed E-state index contributed by atoms with van der Waals surface area (Å²) >= 11 is 0. The van der Waals surface area contributed by atoms with Gasteiger partial charge < -0.3 is 9.84 Å². The zero-order valence-electron chi connectivity index (χ0n) is 10.1. The maximum atomic E-state index is 11.0. The molecular formula is C15H16O3. The molecule has 1 heterocycles. The molecule has 2 unspecified atom stereocenters. The van der Waals surface area contributed by atoms with Gasteiger partial charge in [0.25, 0.3) is 0 Å². The van der Waals surface area contributed by atoms with Gasteiger partial charge in [-0.15, -0.1) is 0 Å². The SMILES string of the molecule is C=C(C(=O)O)C(C=Cc1ccccc1)CC1CO1. The summed E-state index contributed by atoms with van der Waals surface area (Å²) in [6.07, 6.45) is 4.70. The van der Waals surface area contributed by atoms with Crippen molar-refractivity contribution in [1.29, 1.82) is 0 Å². The molecule has 0 spiro atoms. The Bertz CT molecular complexity index is 458. The fraction of sp³-hybridized carbons (Fsp3) is 0.267. The number of rotatable bonds is 6. The summed E-state index contributed by atoms with van der Waals surface area (Å²) in [5, 5.41) is 9.01. The first kappa shape index (κ1) is 12.6. The standard InChI is InChI=1S/C15H16O3/c1-11(15(16)17)13(9-14-10-18-14)8-7-12-5-3-2-4-6-12/h2-8,13-14H,1,9-10H2,(H,16,17). The predicted octanol–water partition coefficient (Wildman–Crippen LogP) is 2.75. The second kappa shape index (κ2) is 5.65. The van der Waals surface area contributed by atoms with Crippen molar-refractivity contribution in [2.45, 2.75) is 12.5 Å². The van der Waals surface area contributed by atoms with E-state index in [-0.39, 0.29) is 17.6 Å². The van der Waals surface area contributed by atoms with E-state index in [0.717, 1.165) is 12.2 Å². The number of benzene rings is 1. The highest BCUT2D eigenvalue weighted by Gasteiger charge is 2.28. The monoisotopic (exact) mass is 244 g/mol. The van der Waals surface area contributed by atoms with Gasteiger partial charge in [0.2, 0.25) is 0 Å². The van der Waals surface area contributed by atoms with Crippen LogP contribution < -0.4 is 0 Å². The van der Waals surface area contributed by atoms with E-state index in [1.165, 1.54) is 0 Å². The first-order valence-electron chi connectivity index (χ1n) is 5.94. The topological polar surface area (TPSA) is 49.8 Å². The minimum Gasteiger partial charge on any atom is -0.478 e. The van der Waals surface area contributed by atoms with E-state index in [1.54, 1.807) is 0 Å². The highest BCUT2D eigenvalue weighted by Crippen LogP contribution is 2.26. The lowest BCUT2D eigenvalue weighted by Crippen LogP contribution is -2.11. The Morgan fingerprint density at radius 2 is 2.17 bits per heavy atom. The first-order chi connectivity index (χ1) is 8.66. The van der Waals surface area contributed by atoms with Gasteiger partial charge in [0, 0.05) is 11.5 Å². The van der Waals surface area contributed by atoms with Crippen LogP contribution in [-0.4, -0.2) is 23.8 Å². The van der Waals surface area contributed by atoms with Crippen molar-refractivity contribution in [3.63, 3.8) is 0 Å². The Hall–Kier alpha value is -1.87. The molecule has 1 aromatic rings. The number of hydrogen-bond donors (Lipinski definition) is 1. The molecule has 1 fully saturated rings. The van der Waals surface area contributed by atoms with Gasteiger partial charge in [-0.05, 0) is 12.0 Å². The predicted molar refractivity (Wildman–Crippen MR) is 70.1 cm³/mol. The van der Waals surface area contributed by atoms with E-state index in [1.807, 2.05) is 42.5 Å². The van der Waals surface area contributed by atoms with E-state index in [0.29, 0.717) is 6.42 Å². The zero-order chi connectivity index (χ0) is 13.0. The fourth-order valence-corrected chi connectivity index (χ4v) is 1.77. The van der Waals surface area contributed by atoms with Crippen molar-refractivity contribution < 1.29 is 14.6 Å². The average molecular weight is 244 g/mol. The van der Waals surface area contributed by atoms with Crippen molar-refractivity contribution >= 4 is 12.0 Å². The second-order valence-corrected chi connectivity index (χ2v) is 4.40. The molecule has 2 atom stereocenters. The van der Waals surface area contributed by atoms with Crippen LogP contribution in [0.2, 0.25) is 0 Å². The van der Waals surface area contributed by atoms with Gasteiger partial charge in [-0.1, -0.05) is 49.1 Å². The summed E-state index contributed by atoms with van der Waals surface area (Å²) in [6.45, 7) is 4.37. The van der Waals surface area contributed by atoms with Crippen molar-refractivity contribution in [3.8, 4) is 0 Å². The maximum Gasteiger partial charge on any atom is 0.331 e. The number of allylic oxidation sites excluding steroid dienone is 1. The van der Waals surface area contributed by atoms with Crippen LogP contribution in [-0.2, 0) is 9.53 Å². The van der Waals surface area contributed by atoms with Gasteiger partial charge in [-0.25, -0.2) is 4.79 Å². The highest BCUT2D eigenvalue weighted by atomic mass is 16.6. The Balaban J connectivity index is 2.06. The van der Waals surface area contributed by atoms with Crippen LogP contribution in [0.5, 0.6) is 0 Å². The third kappa shape index (κ3) is 3.57. The quantitative estimate of drug-likeness (QED) is 0.618. The van der Waals surface area contributed by atoms with Crippen LogP contribution in [0, 0.1) is 5.92 Å². The molecule has 1 N–H and O–H groups in total.